The van der Waals surface area contributed by atoms with E-state index in [0.717, 1.165) is 42.9 Å². The molecule has 4 aliphatic carbocycles. The Kier molecular flexibility index (Phi) is 4.36. The van der Waals surface area contributed by atoms with Gasteiger partial charge >= 0.3 is 0 Å². The molecule has 2 nitrogen and oxygen atoms in total. The summed E-state index contributed by atoms with van der Waals surface area (Å²) in [7, 11) is 0. The molecule has 0 aromatic heterocycles. The number of hydrogen-bond donors (Lipinski definition) is 2. The minimum absolute atomic E-state index is 0.0988. The first-order chi connectivity index (χ1) is 11.5. The maximum Gasteiger partial charge on any atom is 0.0577 e. The van der Waals surface area contributed by atoms with Crippen LogP contribution >= 0.6 is 0 Å². The van der Waals surface area contributed by atoms with E-state index in [0.29, 0.717) is 17.4 Å². The molecule has 0 amide bonds. The van der Waals surface area contributed by atoms with E-state index in [1.807, 2.05) is 0 Å². The van der Waals surface area contributed by atoms with E-state index in [9.17, 15) is 10.2 Å². The summed E-state index contributed by atoms with van der Waals surface area (Å²) in [5, 5.41) is 19.7. The number of aliphatic hydroxyl groups is 2. The molecule has 0 aliphatic heterocycles. The predicted octanol–water partition coefficient (Wildman–Crippen LogP) is 4.70. The number of rotatable bonds is 2. The van der Waals surface area contributed by atoms with Crippen molar-refractivity contribution < 1.29 is 10.2 Å². The van der Waals surface area contributed by atoms with Crippen LogP contribution in [-0.4, -0.2) is 22.9 Å². The van der Waals surface area contributed by atoms with Crippen LogP contribution in [0.4, 0.5) is 0 Å². The van der Waals surface area contributed by atoms with Gasteiger partial charge in [0.1, 0.15) is 0 Å². The summed E-state index contributed by atoms with van der Waals surface area (Å²) in [6.45, 7) is 5.43. The largest absolute Gasteiger partial charge is 0.396 e. The summed E-state index contributed by atoms with van der Waals surface area (Å²) in [5.41, 5.74) is 2.39. The van der Waals surface area contributed by atoms with Crippen LogP contribution in [-0.2, 0) is 0 Å². The highest BCUT2D eigenvalue weighted by atomic mass is 16.3. The van der Waals surface area contributed by atoms with Gasteiger partial charge in [-0.1, -0.05) is 31.9 Å². The topological polar surface area (TPSA) is 40.5 Å². The van der Waals surface area contributed by atoms with Crippen LogP contribution in [0.15, 0.2) is 11.6 Å². The molecule has 136 valence electrons. The van der Waals surface area contributed by atoms with Crippen LogP contribution < -0.4 is 0 Å². The second-order valence-electron chi connectivity index (χ2n) is 9.84. The predicted molar refractivity (Wildman–Crippen MR) is 97.5 cm³/mol. The third-order valence-electron chi connectivity index (χ3n) is 8.99. The molecule has 0 bridgehead atoms. The minimum atomic E-state index is -0.0988. The summed E-state index contributed by atoms with van der Waals surface area (Å²) < 4.78 is 0. The summed E-state index contributed by atoms with van der Waals surface area (Å²) in [6.07, 6.45) is 14.6. The van der Waals surface area contributed by atoms with Crippen molar-refractivity contribution >= 4 is 0 Å². The monoisotopic (exact) mass is 332 g/mol. The fourth-order valence-corrected chi connectivity index (χ4v) is 7.58. The SMILES string of the molecule is CC12CCC(O)CC1=CCC1C2CCC2(C)C(CCO)CCCC12. The number of hydrogen-bond acceptors (Lipinski definition) is 2. The molecule has 0 radical (unpaired) electrons. The third-order valence-corrected chi connectivity index (χ3v) is 8.99. The van der Waals surface area contributed by atoms with Crippen molar-refractivity contribution in [3.8, 4) is 0 Å². The van der Waals surface area contributed by atoms with Gasteiger partial charge in [0.25, 0.3) is 0 Å². The van der Waals surface area contributed by atoms with E-state index in [4.69, 9.17) is 0 Å². The Balaban J connectivity index is 1.63. The Hall–Kier alpha value is -0.340. The van der Waals surface area contributed by atoms with Gasteiger partial charge in [-0.3, -0.25) is 0 Å². The third kappa shape index (κ3) is 2.43. The van der Waals surface area contributed by atoms with Crippen LogP contribution in [0.1, 0.15) is 78.1 Å². The lowest BCUT2D eigenvalue weighted by Gasteiger charge is -2.61. The summed E-state index contributed by atoms with van der Waals surface area (Å²) >= 11 is 0. The highest BCUT2D eigenvalue weighted by Crippen LogP contribution is 2.65. The van der Waals surface area contributed by atoms with E-state index < -0.39 is 0 Å². The Morgan fingerprint density at radius 1 is 1.08 bits per heavy atom. The van der Waals surface area contributed by atoms with Gasteiger partial charge in [0.2, 0.25) is 0 Å². The van der Waals surface area contributed by atoms with Crippen LogP contribution in [0, 0.1) is 34.5 Å². The fourth-order valence-electron chi connectivity index (χ4n) is 7.58. The maximum absolute atomic E-state index is 10.1. The molecule has 7 unspecified atom stereocenters. The highest BCUT2D eigenvalue weighted by molar-refractivity contribution is 5.25. The number of allylic oxidation sites excluding steroid dienone is 1. The molecule has 0 heterocycles. The van der Waals surface area contributed by atoms with Gasteiger partial charge < -0.3 is 10.2 Å². The van der Waals surface area contributed by atoms with Crippen molar-refractivity contribution in [2.75, 3.05) is 6.61 Å². The molecule has 2 heteroatoms. The molecular weight excluding hydrogens is 296 g/mol. The van der Waals surface area contributed by atoms with Gasteiger partial charge in [-0.2, -0.15) is 0 Å². The summed E-state index contributed by atoms with van der Waals surface area (Å²) in [5.74, 6) is 3.25. The quantitative estimate of drug-likeness (QED) is 0.720. The second-order valence-corrected chi connectivity index (χ2v) is 9.84. The van der Waals surface area contributed by atoms with Crippen LogP contribution in [0.3, 0.4) is 0 Å². The maximum atomic E-state index is 10.1. The average molecular weight is 333 g/mol. The van der Waals surface area contributed by atoms with Gasteiger partial charge in [-0.25, -0.2) is 0 Å². The smallest absolute Gasteiger partial charge is 0.0577 e. The lowest BCUT2D eigenvalue weighted by Crippen LogP contribution is -2.54. The van der Waals surface area contributed by atoms with Gasteiger partial charge in [-0.15, -0.1) is 0 Å². The first kappa shape index (κ1) is 17.1. The highest BCUT2D eigenvalue weighted by Gasteiger charge is 2.56. The zero-order valence-corrected chi connectivity index (χ0v) is 15.6. The van der Waals surface area contributed by atoms with Gasteiger partial charge in [0.15, 0.2) is 0 Å². The number of fused-ring (bicyclic) bond motifs is 5. The van der Waals surface area contributed by atoms with Crippen LogP contribution in [0.5, 0.6) is 0 Å². The van der Waals surface area contributed by atoms with Crippen molar-refractivity contribution in [1.82, 2.24) is 0 Å². The molecule has 3 saturated carbocycles. The Labute approximate surface area is 147 Å². The molecule has 24 heavy (non-hydrogen) atoms. The molecular formula is C22H36O2. The molecule has 0 aromatic carbocycles. The van der Waals surface area contributed by atoms with Crippen LogP contribution in [0.2, 0.25) is 0 Å². The van der Waals surface area contributed by atoms with Crippen molar-refractivity contribution in [3.63, 3.8) is 0 Å². The molecule has 0 saturated heterocycles. The first-order valence-electron chi connectivity index (χ1n) is 10.5. The summed E-state index contributed by atoms with van der Waals surface area (Å²) in [4.78, 5) is 0. The molecule has 2 N–H and O–H groups in total. The first-order valence-corrected chi connectivity index (χ1v) is 10.5. The molecule has 4 rings (SSSR count). The van der Waals surface area contributed by atoms with E-state index >= 15 is 0 Å². The lowest BCUT2D eigenvalue weighted by atomic mass is 9.43. The van der Waals surface area contributed by atoms with Crippen molar-refractivity contribution in [3.05, 3.63) is 11.6 Å². The summed E-state index contributed by atoms with van der Waals surface area (Å²) in [6, 6.07) is 0. The van der Waals surface area contributed by atoms with Gasteiger partial charge in [-0.05, 0) is 92.3 Å². The average Bonchev–Trinajstić information content (AvgIpc) is 2.56. The molecule has 3 fully saturated rings. The molecule has 0 aromatic rings. The zero-order valence-electron chi connectivity index (χ0n) is 15.6. The van der Waals surface area contributed by atoms with E-state index in [1.165, 1.54) is 44.9 Å². The Bertz CT molecular complexity index is 510. The van der Waals surface area contributed by atoms with Crippen molar-refractivity contribution in [2.24, 2.45) is 34.5 Å². The van der Waals surface area contributed by atoms with E-state index in [2.05, 4.69) is 19.9 Å². The normalized spacial score (nSPS) is 51.2. The van der Waals surface area contributed by atoms with Crippen molar-refractivity contribution in [2.45, 2.75) is 84.2 Å². The van der Waals surface area contributed by atoms with Gasteiger partial charge in [0, 0.05) is 6.61 Å². The fraction of sp³-hybridized carbons (Fsp3) is 0.909. The molecule has 4 aliphatic rings. The second kappa shape index (κ2) is 6.13. The van der Waals surface area contributed by atoms with Crippen LogP contribution in [0.25, 0.3) is 0 Å². The van der Waals surface area contributed by atoms with Gasteiger partial charge in [0.05, 0.1) is 6.10 Å². The molecule has 7 atom stereocenters. The van der Waals surface area contributed by atoms with E-state index in [-0.39, 0.29) is 6.10 Å². The zero-order chi connectivity index (χ0) is 16.9. The standard InChI is InChI=1S/C22H36O2/c1-21-12-9-20-18(19(21)5-3-4-15(21)10-13-23)7-6-16-14-17(24)8-11-22(16,20)2/h6,15,17-20,23-24H,3-5,7-14H2,1-2H3. The molecule has 0 spiro atoms. The van der Waals surface area contributed by atoms with Crippen molar-refractivity contribution in [1.29, 1.82) is 0 Å². The number of aliphatic hydroxyl groups excluding tert-OH is 2. The lowest BCUT2D eigenvalue weighted by molar-refractivity contribution is -0.101. The Morgan fingerprint density at radius 2 is 1.92 bits per heavy atom. The van der Waals surface area contributed by atoms with E-state index in [1.54, 1.807) is 5.57 Å². The minimum Gasteiger partial charge on any atom is -0.396 e. The Morgan fingerprint density at radius 3 is 2.71 bits per heavy atom.